The summed E-state index contributed by atoms with van der Waals surface area (Å²) in [6, 6.07) is 0. The Morgan fingerprint density at radius 2 is 2.17 bits per heavy atom. The molecule has 2 atom stereocenters. The molecular formula is C14H20N2O2. The van der Waals surface area contributed by atoms with Crippen molar-refractivity contribution in [3.05, 3.63) is 11.7 Å². The van der Waals surface area contributed by atoms with Crippen LogP contribution in [0.4, 0.5) is 0 Å². The van der Waals surface area contributed by atoms with E-state index in [0.29, 0.717) is 18.2 Å². The van der Waals surface area contributed by atoms with Gasteiger partial charge < -0.3 is 4.52 Å². The lowest BCUT2D eigenvalue weighted by atomic mass is 10.0. The zero-order valence-electron chi connectivity index (χ0n) is 10.9. The van der Waals surface area contributed by atoms with Crippen LogP contribution in [0.2, 0.25) is 0 Å². The molecule has 2 unspecified atom stereocenters. The molecule has 1 heterocycles. The molecule has 0 saturated heterocycles. The third kappa shape index (κ3) is 2.47. The van der Waals surface area contributed by atoms with Crippen molar-refractivity contribution in [3.63, 3.8) is 0 Å². The van der Waals surface area contributed by atoms with Gasteiger partial charge in [-0.25, -0.2) is 0 Å². The SMILES string of the molecule is CCC1CCC(c2noc(CC(=O)C3CC3)n2)C1. The molecule has 18 heavy (non-hydrogen) atoms. The normalized spacial score (nSPS) is 27.6. The van der Waals surface area contributed by atoms with Crippen LogP contribution in [0.1, 0.15) is 63.1 Å². The van der Waals surface area contributed by atoms with Crippen LogP contribution in [-0.2, 0) is 11.2 Å². The smallest absolute Gasteiger partial charge is 0.234 e. The minimum atomic E-state index is 0.267. The monoisotopic (exact) mass is 248 g/mol. The molecule has 98 valence electrons. The third-order valence-electron chi connectivity index (χ3n) is 4.33. The van der Waals surface area contributed by atoms with Crippen molar-refractivity contribution < 1.29 is 9.32 Å². The fourth-order valence-electron chi connectivity index (χ4n) is 2.88. The number of aromatic nitrogens is 2. The van der Waals surface area contributed by atoms with Gasteiger partial charge in [0, 0.05) is 11.8 Å². The third-order valence-corrected chi connectivity index (χ3v) is 4.33. The fourth-order valence-corrected chi connectivity index (χ4v) is 2.88. The highest BCUT2D eigenvalue weighted by molar-refractivity contribution is 5.84. The molecule has 0 bridgehead atoms. The Morgan fingerprint density at radius 3 is 2.83 bits per heavy atom. The highest BCUT2D eigenvalue weighted by atomic mass is 16.5. The molecular weight excluding hydrogens is 228 g/mol. The van der Waals surface area contributed by atoms with E-state index < -0.39 is 0 Å². The van der Waals surface area contributed by atoms with Crippen molar-refractivity contribution in [3.8, 4) is 0 Å². The van der Waals surface area contributed by atoms with E-state index in [2.05, 4.69) is 17.1 Å². The Labute approximate surface area is 107 Å². The van der Waals surface area contributed by atoms with Gasteiger partial charge in [0.05, 0.1) is 6.42 Å². The summed E-state index contributed by atoms with van der Waals surface area (Å²) in [5.74, 6) is 3.14. The van der Waals surface area contributed by atoms with Gasteiger partial charge in [0.1, 0.15) is 5.78 Å². The summed E-state index contributed by atoms with van der Waals surface area (Å²) >= 11 is 0. The molecule has 0 aromatic carbocycles. The van der Waals surface area contributed by atoms with Crippen LogP contribution in [-0.4, -0.2) is 15.9 Å². The highest BCUT2D eigenvalue weighted by Crippen LogP contribution is 2.38. The van der Waals surface area contributed by atoms with Gasteiger partial charge in [0.2, 0.25) is 5.89 Å². The van der Waals surface area contributed by atoms with Crippen molar-refractivity contribution in [1.29, 1.82) is 0 Å². The first-order valence-corrected chi connectivity index (χ1v) is 7.11. The van der Waals surface area contributed by atoms with Crippen molar-refractivity contribution in [2.45, 2.75) is 57.8 Å². The standard InChI is InChI=1S/C14H20N2O2/c1-2-9-3-4-11(7-9)14-15-13(18-16-14)8-12(17)10-5-6-10/h9-11H,2-8H2,1H3. The maximum Gasteiger partial charge on any atom is 0.234 e. The molecule has 4 heteroatoms. The summed E-state index contributed by atoms with van der Waals surface area (Å²) in [6.45, 7) is 2.24. The Hall–Kier alpha value is -1.19. The van der Waals surface area contributed by atoms with Crippen LogP contribution in [0.15, 0.2) is 4.52 Å². The Bertz CT molecular complexity index is 437. The maximum atomic E-state index is 11.7. The molecule has 2 saturated carbocycles. The van der Waals surface area contributed by atoms with Crippen LogP contribution in [0.3, 0.4) is 0 Å². The van der Waals surface area contributed by atoms with E-state index in [9.17, 15) is 4.79 Å². The minimum Gasteiger partial charge on any atom is -0.339 e. The number of nitrogens with zero attached hydrogens (tertiary/aromatic N) is 2. The van der Waals surface area contributed by atoms with E-state index in [1.165, 1.54) is 19.3 Å². The average Bonchev–Trinajstić information content (AvgIpc) is 2.95. The number of hydrogen-bond donors (Lipinski definition) is 0. The summed E-state index contributed by atoms with van der Waals surface area (Å²) in [5.41, 5.74) is 0. The largest absolute Gasteiger partial charge is 0.339 e. The van der Waals surface area contributed by atoms with E-state index in [1.54, 1.807) is 0 Å². The van der Waals surface area contributed by atoms with Crippen LogP contribution in [0.25, 0.3) is 0 Å². The van der Waals surface area contributed by atoms with Gasteiger partial charge in [0.15, 0.2) is 5.82 Å². The van der Waals surface area contributed by atoms with Gasteiger partial charge in [-0.1, -0.05) is 18.5 Å². The Kier molecular flexibility index (Phi) is 3.18. The summed E-state index contributed by atoms with van der Waals surface area (Å²) in [6.07, 6.45) is 7.26. The lowest BCUT2D eigenvalue weighted by molar-refractivity contribution is -0.119. The second-order valence-corrected chi connectivity index (χ2v) is 5.75. The van der Waals surface area contributed by atoms with Crippen LogP contribution < -0.4 is 0 Å². The first-order valence-electron chi connectivity index (χ1n) is 7.11. The number of Topliss-reactive ketones (excluding diaryl/α,β-unsaturated/α-hetero) is 1. The molecule has 0 aliphatic heterocycles. The van der Waals surface area contributed by atoms with Crippen LogP contribution >= 0.6 is 0 Å². The zero-order valence-corrected chi connectivity index (χ0v) is 10.9. The van der Waals surface area contributed by atoms with E-state index >= 15 is 0 Å². The molecule has 1 aromatic rings. The van der Waals surface area contributed by atoms with E-state index in [-0.39, 0.29) is 11.7 Å². The topological polar surface area (TPSA) is 56.0 Å². The predicted molar refractivity (Wildman–Crippen MR) is 66.1 cm³/mol. The zero-order chi connectivity index (χ0) is 12.5. The number of carbonyl (C=O) groups is 1. The number of rotatable bonds is 5. The molecule has 0 amide bonds. The molecule has 2 fully saturated rings. The molecule has 2 aliphatic carbocycles. The molecule has 0 spiro atoms. The lowest BCUT2D eigenvalue weighted by Crippen LogP contribution is -2.05. The number of carbonyl (C=O) groups excluding carboxylic acids is 1. The second kappa shape index (κ2) is 4.82. The van der Waals surface area contributed by atoms with E-state index in [1.807, 2.05) is 0 Å². The van der Waals surface area contributed by atoms with Crippen molar-refractivity contribution in [2.75, 3.05) is 0 Å². The van der Waals surface area contributed by atoms with Gasteiger partial charge in [0.25, 0.3) is 0 Å². The Morgan fingerprint density at radius 1 is 1.33 bits per heavy atom. The first-order chi connectivity index (χ1) is 8.76. The quantitative estimate of drug-likeness (QED) is 0.804. The summed E-state index contributed by atoms with van der Waals surface area (Å²) in [7, 11) is 0. The van der Waals surface area contributed by atoms with Gasteiger partial charge >= 0.3 is 0 Å². The summed E-state index contributed by atoms with van der Waals surface area (Å²) < 4.78 is 5.21. The molecule has 0 N–H and O–H groups in total. The van der Waals surface area contributed by atoms with Crippen molar-refractivity contribution >= 4 is 5.78 Å². The molecule has 2 aliphatic rings. The highest BCUT2D eigenvalue weighted by Gasteiger charge is 2.32. The van der Waals surface area contributed by atoms with E-state index in [4.69, 9.17) is 4.52 Å². The molecule has 3 rings (SSSR count). The van der Waals surface area contributed by atoms with Crippen LogP contribution in [0.5, 0.6) is 0 Å². The van der Waals surface area contributed by atoms with Crippen LogP contribution in [0, 0.1) is 11.8 Å². The average molecular weight is 248 g/mol. The molecule has 4 nitrogen and oxygen atoms in total. The predicted octanol–water partition coefficient (Wildman–Crippen LogP) is 2.88. The first kappa shape index (κ1) is 11.9. The van der Waals surface area contributed by atoms with Gasteiger partial charge in [-0.3, -0.25) is 4.79 Å². The Balaban J connectivity index is 1.60. The van der Waals surface area contributed by atoms with Crippen molar-refractivity contribution in [1.82, 2.24) is 10.1 Å². The lowest BCUT2D eigenvalue weighted by Gasteiger charge is -2.04. The van der Waals surface area contributed by atoms with Crippen molar-refractivity contribution in [2.24, 2.45) is 11.8 Å². The molecule has 1 aromatic heterocycles. The summed E-state index contributed by atoms with van der Waals surface area (Å²) in [4.78, 5) is 16.1. The fraction of sp³-hybridized carbons (Fsp3) is 0.786. The second-order valence-electron chi connectivity index (χ2n) is 5.75. The summed E-state index contributed by atoms with van der Waals surface area (Å²) in [5, 5.41) is 4.06. The van der Waals surface area contributed by atoms with Gasteiger partial charge in [-0.05, 0) is 38.0 Å². The van der Waals surface area contributed by atoms with Gasteiger partial charge in [-0.15, -0.1) is 0 Å². The van der Waals surface area contributed by atoms with Gasteiger partial charge in [-0.2, -0.15) is 4.98 Å². The van der Waals surface area contributed by atoms with E-state index in [0.717, 1.165) is 31.0 Å². The maximum absolute atomic E-state index is 11.7. The number of hydrogen-bond acceptors (Lipinski definition) is 4. The molecule has 0 radical (unpaired) electrons. The minimum absolute atomic E-state index is 0.267. The number of ketones is 1.